The van der Waals surface area contributed by atoms with Gasteiger partial charge in [0.15, 0.2) is 0 Å². The van der Waals surface area contributed by atoms with Crippen molar-refractivity contribution in [3.05, 3.63) is 70.6 Å². The number of rotatable bonds is 6. The number of aromatic nitrogens is 2. The van der Waals surface area contributed by atoms with Crippen molar-refractivity contribution < 1.29 is 9.53 Å². The molecule has 158 valence electrons. The highest BCUT2D eigenvalue weighted by molar-refractivity contribution is 7.17. The number of anilines is 2. The minimum absolute atomic E-state index is 0.116. The van der Waals surface area contributed by atoms with Crippen LogP contribution in [-0.2, 0) is 11.3 Å². The Kier molecular flexibility index (Phi) is 5.73. The number of methoxy groups -OCH3 is 1. The number of benzene rings is 2. The summed E-state index contributed by atoms with van der Waals surface area (Å²) in [7, 11) is 5.51. The standard InChI is InChI=1S/C23H22N4O3S/c1-26(2)17-8-6-16(7-9-17)25-20(28)12-27-14-24-22-21(23(27)29)19(13-31-22)15-4-10-18(30-3)11-5-15/h4-11,13-14H,12H2,1-3H3,(H,25,28). The van der Waals surface area contributed by atoms with Gasteiger partial charge in [-0.15, -0.1) is 11.3 Å². The molecule has 4 rings (SSSR count). The van der Waals surface area contributed by atoms with Crippen molar-refractivity contribution in [1.29, 1.82) is 0 Å². The maximum absolute atomic E-state index is 13.1. The predicted molar refractivity (Wildman–Crippen MR) is 125 cm³/mol. The number of fused-ring (bicyclic) bond motifs is 1. The summed E-state index contributed by atoms with van der Waals surface area (Å²) in [6, 6.07) is 15.0. The first-order chi connectivity index (χ1) is 15.0. The molecule has 0 aliphatic carbocycles. The maximum atomic E-state index is 13.1. The Morgan fingerprint density at radius 1 is 1.13 bits per heavy atom. The van der Waals surface area contributed by atoms with Crippen LogP contribution in [0.5, 0.6) is 5.75 Å². The van der Waals surface area contributed by atoms with Crippen LogP contribution < -0.4 is 20.5 Å². The highest BCUT2D eigenvalue weighted by Gasteiger charge is 2.15. The summed E-state index contributed by atoms with van der Waals surface area (Å²) >= 11 is 1.41. The average Bonchev–Trinajstić information content (AvgIpc) is 3.21. The molecule has 0 spiro atoms. The number of thiophene rings is 1. The zero-order valence-corrected chi connectivity index (χ0v) is 18.3. The van der Waals surface area contributed by atoms with Crippen molar-refractivity contribution in [3.63, 3.8) is 0 Å². The largest absolute Gasteiger partial charge is 0.497 e. The van der Waals surface area contributed by atoms with Crippen molar-refractivity contribution >= 4 is 38.8 Å². The van der Waals surface area contributed by atoms with Crippen LogP contribution in [0.3, 0.4) is 0 Å². The summed E-state index contributed by atoms with van der Waals surface area (Å²) in [6.45, 7) is -0.116. The van der Waals surface area contributed by atoms with E-state index in [0.29, 0.717) is 15.9 Å². The fraction of sp³-hybridized carbons (Fsp3) is 0.174. The van der Waals surface area contributed by atoms with Gasteiger partial charge in [-0.3, -0.25) is 14.2 Å². The van der Waals surface area contributed by atoms with E-state index in [1.165, 1.54) is 22.2 Å². The second-order valence-electron chi connectivity index (χ2n) is 7.23. The molecular weight excluding hydrogens is 412 g/mol. The van der Waals surface area contributed by atoms with E-state index >= 15 is 0 Å². The van der Waals surface area contributed by atoms with Gasteiger partial charge in [0, 0.05) is 36.4 Å². The van der Waals surface area contributed by atoms with Gasteiger partial charge >= 0.3 is 0 Å². The molecule has 0 aliphatic heterocycles. The van der Waals surface area contributed by atoms with Crippen LogP contribution in [0.2, 0.25) is 0 Å². The molecule has 0 saturated carbocycles. The van der Waals surface area contributed by atoms with Crippen LogP contribution >= 0.6 is 11.3 Å². The second kappa shape index (κ2) is 8.61. The van der Waals surface area contributed by atoms with Gasteiger partial charge in [0.1, 0.15) is 17.1 Å². The van der Waals surface area contributed by atoms with Crippen LogP contribution in [0, 0.1) is 0 Å². The van der Waals surface area contributed by atoms with Gasteiger partial charge in [-0.2, -0.15) is 0 Å². The zero-order chi connectivity index (χ0) is 22.0. The quantitative estimate of drug-likeness (QED) is 0.499. The Labute approximate surface area is 183 Å². The number of amides is 1. The van der Waals surface area contributed by atoms with Gasteiger partial charge in [-0.1, -0.05) is 12.1 Å². The van der Waals surface area contributed by atoms with Gasteiger partial charge in [0.2, 0.25) is 5.91 Å². The zero-order valence-electron chi connectivity index (χ0n) is 17.5. The van der Waals surface area contributed by atoms with Gasteiger partial charge < -0.3 is 15.0 Å². The number of nitrogens with zero attached hydrogens (tertiary/aromatic N) is 3. The topological polar surface area (TPSA) is 76.5 Å². The smallest absolute Gasteiger partial charge is 0.263 e. The SMILES string of the molecule is COc1ccc(-c2csc3ncn(CC(=O)Nc4ccc(N(C)C)cc4)c(=O)c23)cc1. The molecule has 1 amide bonds. The predicted octanol–water partition coefficient (Wildman–Crippen LogP) is 3.84. The Bertz CT molecular complexity index is 1280. The van der Waals surface area contributed by atoms with E-state index in [-0.39, 0.29) is 18.0 Å². The van der Waals surface area contributed by atoms with Gasteiger partial charge in [0.05, 0.1) is 18.8 Å². The fourth-order valence-electron chi connectivity index (χ4n) is 3.26. The molecule has 31 heavy (non-hydrogen) atoms. The van der Waals surface area contributed by atoms with E-state index in [9.17, 15) is 9.59 Å². The number of hydrogen-bond donors (Lipinski definition) is 1. The third kappa shape index (κ3) is 4.29. The van der Waals surface area contributed by atoms with E-state index in [1.807, 2.05) is 72.9 Å². The molecule has 2 aromatic heterocycles. The molecule has 0 saturated heterocycles. The summed E-state index contributed by atoms with van der Waals surface area (Å²) < 4.78 is 6.54. The monoisotopic (exact) mass is 434 g/mol. The second-order valence-corrected chi connectivity index (χ2v) is 8.08. The summed E-state index contributed by atoms with van der Waals surface area (Å²) in [5.74, 6) is 0.455. The highest BCUT2D eigenvalue weighted by atomic mass is 32.1. The molecule has 2 aromatic carbocycles. The van der Waals surface area contributed by atoms with Crippen molar-refractivity contribution in [2.45, 2.75) is 6.54 Å². The Balaban J connectivity index is 1.58. The van der Waals surface area contributed by atoms with Crippen molar-refractivity contribution in [3.8, 4) is 16.9 Å². The van der Waals surface area contributed by atoms with E-state index in [2.05, 4.69) is 10.3 Å². The summed E-state index contributed by atoms with van der Waals surface area (Å²) in [5, 5.41) is 5.26. The Morgan fingerprint density at radius 2 is 1.84 bits per heavy atom. The first kappa shape index (κ1) is 20.6. The molecule has 8 heteroatoms. The molecule has 1 N–H and O–H groups in total. The van der Waals surface area contributed by atoms with Gasteiger partial charge in [-0.05, 0) is 42.0 Å². The lowest BCUT2D eigenvalue weighted by Crippen LogP contribution is -2.27. The number of carbonyl (C=O) groups is 1. The highest BCUT2D eigenvalue weighted by Crippen LogP contribution is 2.31. The van der Waals surface area contributed by atoms with Gasteiger partial charge in [0.25, 0.3) is 5.56 Å². The number of nitrogens with one attached hydrogen (secondary N) is 1. The molecule has 0 aliphatic rings. The summed E-state index contributed by atoms with van der Waals surface area (Å²) in [4.78, 5) is 32.7. The van der Waals surface area contributed by atoms with E-state index in [1.54, 1.807) is 7.11 Å². The van der Waals surface area contributed by atoms with Crippen LogP contribution in [0.15, 0.2) is 65.0 Å². The first-order valence-electron chi connectivity index (χ1n) is 9.64. The molecule has 7 nitrogen and oxygen atoms in total. The minimum Gasteiger partial charge on any atom is -0.497 e. The average molecular weight is 435 g/mol. The van der Waals surface area contributed by atoms with Crippen LogP contribution in [0.4, 0.5) is 11.4 Å². The number of carbonyl (C=O) groups excluding carboxylic acids is 1. The summed E-state index contributed by atoms with van der Waals surface area (Å²) in [5.41, 5.74) is 3.16. The Morgan fingerprint density at radius 3 is 2.48 bits per heavy atom. The summed E-state index contributed by atoms with van der Waals surface area (Å²) in [6.07, 6.45) is 1.42. The molecule has 0 radical (unpaired) electrons. The lowest BCUT2D eigenvalue weighted by atomic mass is 10.1. The minimum atomic E-state index is -0.290. The van der Waals surface area contributed by atoms with Crippen molar-refractivity contribution in [1.82, 2.24) is 9.55 Å². The van der Waals surface area contributed by atoms with Gasteiger partial charge in [-0.25, -0.2) is 4.98 Å². The third-order valence-electron chi connectivity index (χ3n) is 4.94. The molecule has 0 fully saturated rings. The van der Waals surface area contributed by atoms with E-state index in [4.69, 9.17) is 4.74 Å². The van der Waals surface area contributed by atoms with Crippen LogP contribution in [0.1, 0.15) is 0 Å². The van der Waals surface area contributed by atoms with Crippen molar-refractivity contribution in [2.24, 2.45) is 0 Å². The lowest BCUT2D eigenvalue weighted by molar-refractivity contribution is -0.116. The molecule has 0 unspecified atom stereocenters. The molecule has 2 heterocycles. The van der Waals surface area contributed by atoms with E-state index < -0.39 is 0 Å². The van der Waals surface area contributed by atoms with Crippen molar-refractivity contribution in [2.75, 3.05) is 31.4 Å². The number of ether oxygens (including phenoxy) is 1. The lowest BCUT2D eigenvalue weighted by Gasteiger charge is -2.13. The van der Waals surface area contributed by atoms with Crippen LogP contribution in [0.25, 0.3) is 21.3 Å². The Hall–Kier alpha value is -3.65. The molecular formula is C23H22N4O3S. The number of hydrogen-bond acceptors (Lipinski definition) is 6. The fourth-order valence-corrected chi connectivity index (χ4v) is 4.17. The molecule has 0 atom stereocenters. The van der Waals surface area contributed by atoms with E-state index in [0.717, 1.165) is 22.6 Å². The molecule has 0 bridgehead atoms. The normalized spacial score (nSPS) is 10.8. The third-order valence-corrected chi connectivity index (χ3v) is 5.83. The first-order valence-corrected chi connectivity index (χ1v) is 10.5. The molecule has 4 aromatic rings. The maximum Gasteiger partial charge on any atom is 0.263 e. The van der Waals surface area contributed by atoms with Crippen LogP contribution in [-0.4, -0.2) is 36.7 Å².